The van der Waals surface area contributed by atoms with Crippen LogP contribution in [-0.2, 0) is 11.3 Å². The molecule has 1 aromatic rings. The van der Waals surface area contributed by atoms with Crippen LogP contribution < -0.4 is 11.1 Å². The van der Waals surface area contributed by atoms with E-state index in [4.69, 9.17) is 17.3 Å². The van der Waals surface area contributed by atoms with Crippen molar-refractivity contribution in [3.8, 4) is 0 Å². The predicted octanol–water partition coefficient (Wildman–Crippen LogP) is 2.85. The van der Waals surface area contributed by atoms with Crippen LogP contribution >= 0.6 is 27.5 Å². The van der Waals surface area contributed by atoms with E-state index < -0.39 is 0 Å². The highest BCUT2D eigenvalue weighted by atomic mass is 79.9. The van der Waals surface area contributed by atoms with Gasteiger partial charge in [0, 0.05) is 17.4 Å². The van der Waals surface area contributed by atoms with Crippen molar-refractivity contribution in [3.63, 3.8) is 0 Å². The highest BCUT2D eigenvalue weighted by molar-refractivity contribution is 9.10. The molecular weight excluding hydrogens is 304 g/mol. The van der Waals surface area contributed by atoms with Gasteiger partial charge < -0.3 is 11.1 Å². The first-order valence-electron chi connectivity index (χ1n) is 5.52. The zero-order valence-electron chi connectivity index (χ0n) is 9.51. The summed E-state index contributed by atoms with van der Waals surface area (Å²) in [6.07, 6.45) is 2.26. The molecule has 0 heterocycles. The molecule has 0 fully saturated rings. The average molecular weight is 320 g/mol. The third-order valence-electron chi connectivity index (χ3n) is 2.34. The number of unbranched alkanes of at least 4 members (excludes halogenated alkanes) is 1. The van der Waals surface area contributed by atoms with Crippen LogP contribution in [0.5, 0.6) is 0 Å². The Hall–Kier alpha value is -0.580. The minimum atomic E-state index is -0.230. The van der Waals surface area contributed by atoms with E-state index in [0.717, 1.165) is 35.4 Å². The summed E-state index contributed by atoms with van der Waals surface area (Å²) in [4.78, 5) is 10.5. The molecule has 1 amide bonds. The smallest absolute Gasteiger partial charge is 0.217 e. The molecule has 0 aliphatic carbocycles. The Balaban J connectivity index is 2.18. The van der Waals surface area contributed by atoms with Gasteiger partial charge in [0.05, 0.1) is 5.02 Å². The molecule has 0 bridgehead atoms. The van der Waals surface area contributed by atoms with Gasteiger partial charge in [0.2, 0.25) is 5.91 Å². The number of rotatable bonds is 7. The molecule has 0 aliphatic heterocycles. The second-order valence-corrected chi connectivity index (χ2v) is 5.11. The van der Waals surface area contributed by atoms with Crippen molar-refractivity contribution in [3.05, 3.63) is 33.3 Å². The molecule has 0 spiro atoms. The molecular formula is C12H16BrClN2O. The second-order valence-electron chi connectivity index (χ2n) is 3.85. The van der Waals surface area contributed by atoms with Crippen molar-refractivity contribution in [2.45, 2.75) is 25.8 Å². The lowest BCUT2D eigenvalue weighted by molar-refractivity contribution is -0.118. The van der Waals surface area contributed by atoms with Crippen molar-refractivity contribution >= 4 is 33.4 Å². The fourth-order valence-corrected chi connectivity index (χ4v) is 1.98. The standard InChI is InChI=1S/C12H16BrClN2O/c13-10-7-9(4-5-11(10)14)8-16-6-2-1-3-12(15)17/h4-5,7,16H,1-3,6,8H2,(H2,15,17). The molecule has 0 radical (unpaired) electrons. The van der Waals surface area contributed by atoms with Gasteiger partial charge >= 0.3 is 0 Å². The Morgan fingerprint density at radius 3 is 2.82 bits per heavy atom. The summed E-state index contributed by atoms with van der Waals surface area (Å²) in [5, 5.41) is 4.02. The summed E-state index contributed by atoms with van der Waals surface area (Å²) in [6, 6.07) is 5.86. The van der Waals surface area contributed by atoms with Gasteiger partial charge in [0.1, 0.15) is 0 Å². The van der Waals surface area contributed by atoms with Crippen molar-refractivity contribution < 1.29 is 4.79 Å². The molecule has 0 unspecified atom stereocenters. The zero-order chi connectivity index (χ0) is 12.7. The van der Waals surface area contributed by atoms with Crippen LogP contribution in [-0.4, -0.2) is 12.5 Å². The number of primary amides is 1. The third-order valence-corrected chi connectivity index (χ3v) is 3.55. The minimum absolute atomic E-state index is 0.230. The third kappa shape index (κ3) is 6.05. The van der Waals surface area contributed by atoms with Crippen LogP contribution in [0.25, 0.3) is 0 Å². The molecule has 0 saturated carbocycles. The van der Waals surface area contributed by atoms with Crippen molar-refractivity contribution in [2.24, 2.45) is 5.73 Å². The molecule has 94 valence electrons. The summed E-state index contributed by atoms with van der Waals surface area (Å²) in [5.74, 6) is -0.230. The summed E-state index contributed by atoms with van der Waals surface area (Å²) < 4.78 is 0.909. The van der Waals surface area contributed by atoms with Crippen LogP contribution in [0.2, 0.25) is 5.02 Å². The molecule has 3 N–H and O–H groups in total. The van der Waals surface area contributed by atoms with Crippen LogP contribution in [0.3, 0.4) is 0 Å². The van der Waals surface area contributed by atoms with E-state index in [2.05, 4.69) is 21.2 Å². The van der Waals surface area contributed by atoms with Gasteiger partial charge in [-0.3, -0.25) is 4.79 Å². The Morgan fingerprint density at radius 1 is 1.41 bits per heavy atom. The number of hydrogen-bond acceptors (Lipinski definition) is 2. The Labute approximate surface area is 115 Å². The number of carbonyl (C=O) groups is 1. The predicted molar refractivity (Wildman–Crippen MR) is 73.9 cm³/mol. The summed E-state index contributed by atoms with van der Waals surface area (Å²) >= 11 is 9.29. The summed E-state index contributed by atoms with van der Waals surface area (Å²) in [5.41, 5.74) is 6.23. The van der Waals surface area contributed by atoms with Gasteiger partial charge in [-0.25, -0.2) is 0 Å². The van der Waals surface area contributed by atoms with Crippen LogP contribution in [0.1, 0.15) is 24.8 Å². The van der Waals surface area contributed by atoms with E-state index in [9.17, 15) is 4.79 Å². The van der Waals surface area contributed by atoms with Gasteiger partial charge in [-0.05, 0) is 53.0 Å². The molecule has 1 rings (SSSR count). The number of amides is 1. The fraction of sp³-hybridized carbons (Fsp3) is 0.417. The SMILES string of the molecule is NC(=O)CCCCNCc1ccc(Cl)c(Br)c1. The van der Waals surface area contributed by atoms with Gasteiger partial charge in [0.15, 0.2) is 0 Å². The monoisotopic (exact) mass is 318 g/mol. The molecule has 5 heteroatoms. The Kier molecular flexibility index (Phi) is 6.55. The summed E-state index contributed by atoms with van der Waals surface area (Å²) in [6.45, 7) is 1.68. The van der Waals surface area contributed by atoms with Crippen LogP contribution in [0.15, 0.2) is 22.7 Å². The van der Waals surface area contributed by atoms with E-state index in [0.29, 0.717) is 6.42 Å². The fourth-order valence-electron chi connectivity index (χ4n) is 1.43. The Morgan fingerprint density at radius 2 is 2.18 bits per heavy atom. The highest BCUT2D eigenvalue weighted by Gasteiger charge is 1.99. The minimum Gasteiger partial charge on any atom is -0.370 e. The van der Waals surface area contributed by atoms with E-state index in [1.165, 1.54) is 5.56 Å². The Bertz CT molecular complexity index is 385. The van der Waals surface area contributed by atoms with E-state index in [-0.39, 0.29) is 5.91 Å². The topological polar surface area (TPSA) is 55.1 Å². The molecule has 3 nitrogen and oxygen atoms in total. The lowest BCUT2D eigenvalue weighted by Gasteiger charge is -2.05. The number of hydrogen-bond donors (Lipinski definition) is 2. The lowest BCUT2D eigenvalue weighted by atomic mass is 10.2. The van der Waals surface area contributed by atoms with E-state index in [1.807, 2.05) is 18.2 Å². The molecule has 17 heavy (non-hydrogen) atoms. The maximum absolute atomic E-state index is 10.5. The maximum atomic E-state index is 10.5. The number of carbonyl (C=O) groups excluding carboxylic acids is 1. The van der Waals surface area contributed by atoms with Crippen molar-refractivity contribution in [1.29, 1.82) is 0 Å². The second kappa shape index (κ2) is 7.69. The first kappa shape index (κ1) is 14.5. The number of nitrogens with one attached hydrogen (secondary N) is 1. The first-order chi connectivity index (χ1) is 8.09. The van der Waals surface area contributed by atoms with E-state index in [1.54, 1.807) is 0 Å². The van der Waals surface area contributed by atoms with Crippen LogP contribution in [0, 0.1) is 0 Å². The first-order valence-corrected chi connectivity index (χ1v) is 6.69. The van der Waals surface area contributed by atoms with Crippen molar-refractivity contribution in [2.75, 3.05) is 6.54 Å². The highest BCUT2D eigenvalue weighted by Crippen LogP contribution is 2.23. The average Bonchev–Trinajstić information content (AvgIpc) is 2.27. The number of halogens is 2. The van der Waals surface area contributed by atoms with Gasteiger partial charge in [-0.1, -0.05) is 17.7 Å². The van der Waals surface area contributed by atoms with E-state index >= 15 is 0 Å². The number of benzene rings is 1. The zero-order valence-corrected chi connectivity index (χ0v) is 11.9. The quantitative estimate of drug-likeness (QED) is 0.759. The van der Waals surface area contributed by atoms with Gasteiger partial charge in [-0.15, -0.1) is 0 Å². The molecule has 0 atom stereocenters. The number of nitrogens with two attached hydrogens (primary N) is 1. The van der Waals surface area contributed by atoms with Gasteiger partial charge in [-0.2, -0.15) is 0 Å². The maximum Gasteiger partial charge on any atom is 0.217 e. The normalized spacial score (nSPS) is 10.5. The van der Waals surface area contributed by atoms with Gasteiger partial charge in [0.25, 0.3) is 0 Å². The molecule has 0 saturated heterocycles. The largest absolute Gasteiger partial charge is 0.370 e. The molecule has 0 aromatic heterocycles. The lowest BCUT2D eigenvalue weighted by Crippen LogP contribution is -2.16. The molecule has 1 aromatic carbocycles. The molecule has 0 aliphatic rings. The van der Waals surface area contributed by atoms with Crippen molar-refractivity contribution in [1.82, 2.24) is 5.32 Å². The summed E-state index contributed by atoms with van der Waals surface area (Å²) in [7, 11) is 0. The van der Waals surface area contributed by atoms with Crippen LogP contribution in [0.4, 0.5) is 0 Å².